The molecule has 2 aromatic carbocycles. The molecule has 0 spiro atoms. The van der Waals surface area contributed by atoms with Crippen molar-refractivity contribution in [2.24, 2.45) is 0 Å². The Balaban J connectivity index is 1.82. The number of ether oxygens (including phenoxy) is 2. The van der Waals surface area contributed by atoms with Crippen LogP contribution in [0, 0.1) is 10.5 Å². The van der Waals surface area contributed by atoms with Gasteiger partial charge in [0.15, 0.2) is 11.5 Å². The zero-order chi connectivity index (χ0) is 14.1. The molecule has 102 valence electrons. The van der Waals surface area contributed by atoms with Crippen molar-refractivity contribution in [2.45, 2.75) is 6.92 Å². The van der Waals surface area contributed by atoms with Gasteiger partial charge in [-0.15, -0.1) is 0 Å². The lowest BCUT2D eigenvalue weighted by Gasteiger charge is -2.08. The van der Waals surface area contributed by atoms with Crippen LogP contribution in [0.1, 0.15) is 15.9 Å². The second-order valence-corrected chi connectivity index (χ2v) is 5.67. The SMILES string of the molecule is Cc1ccc(C(=O)Nc2ccc3c(c2)OCO3)c(I)c1. The number of carbonyl (C=O) groups excluding carboxylic acids is 1. The minimum atomic E-state index is -0.131. The molecule has 1 aliphatic rings. The van der Waals surface area contributed by atoms with Crippen LogP contribution in [0.2, 0.25) is 0 Å². The van der Waals surface area contributed by atoms with E-state index in [2.05, 4.69) is 27.9 Å². The minimum Gasteiger partial charge on any atom is -0.454 e. The van der Waals surface area contributed by atoms with E-state index in [0.29, 0.717) is 22.7 Å². The highest BCUT2D eigenvalue weighted by Gasteiger charge is 2.15. The molecule has 3 rings (SSSR count). The van der Waals surface area contributed by atoms with E-state index in [4.69, 9.17) is 9.47 Å². The fourth-order valence-electron chi connectivity index (χ4n) is 1.98. The van der Waals surface area contributed by atoms with Crippen molar-refractivity contribution in [3.05, 3.63) is 51.1 Å². The van der Waals surface area contributed by atoms with Crippen LogP contribution in [0.5, 0.6) is 11.5 Å². The van der Waals surface area contributed by atoms with Crippen LogP contribution >= 0.6 is 22.6 Å². The largest absolute Gasteiger partial charge is 0.454 e. The third-order valence-electron chi connectivity index (χ3n) is 3.00. The molecular formula is C15H12INO3. The highest BCUT2D eigenvalue weighted by atomic mass is 127. The van der Waals surface area contributed by atoms with Gasteiger partial charge in [0.25, 0.3) is 5.91 Å². The van der Waals surface area contributed by atoms with Gasteiger partial charge in [-0.3, -0.25) is 4.79 Å². The van der Waals surface area contributed by atoms with Gasteiger partial charge in [-0.05, 0) is 53.8 Å². The van der Waals surface area contributed by atoms with Gasteiger partial charge in [-0.2, -0.15) is 0 Å². The van der Waals surface area contributed by atoms with Crippen LogP contribution in [-0.4, -0.2) is 12.7 Å². The summed E-state index contributed by atoms with van der Waals surface area (Å²) in [4.78, 5) is 12.3. The second-order valence-electron chi connectivity index (χ2n) is 4.51. The second kappa shape index (κ2) is 5.32. The topological polar surface area (TPSA) is 47.6 Å². The molecule has 0 unspecified atom stereocenters. The molecule has 4 nitrogen and oxygen atoms in total. The smallest absolute Gasteiger partial charge is 0.256 e. The van der Waals surface area contributed by atoms with E-state index in [9.17, 15) is 4.79 Å². The van der Waals surface area contributed by atoms with Gasteiger partial charge in [0, 0.05) is 15.3 Å². The molecule has 5 heteroatoms. The maximum Gasteiger partial charge on any atom is 0.256 e. The number of anilines is 1. The van der Waals surface area contributed by atoms with E-state index in [1.165, 1.54) is 0 Å². The van der Waals surface area contributed by atoms with Crippen LogP contribution in [0.3, 0.4) is 0 Å². The lowest BCUT2D eigenvalue weighted by atomic mass is 10.1. The number of aryl methyl sites for hydroxylation is 1. The maximum absolute atomic E-state index is 12.3. The number of hydrogen-bond acceptors (Lipinski definition) is 3. The number of halogens is 1. The first kappa shape index (κ1) is 13.2. The number of amides is 1. The van der Waals surface area contributed by atoms with Crippen molar-refractivity contribution in [3.63, 3.8) is 0 Å². The Labute approximate surface area is 130 Å². The summed E-state index contributed by atoms with van der Waals surface area (Å²) in [6, 6.07) is 11.1. The molecule has 1 N–H and O–H groups in total. The van der Waals surface area contributed by atoms with E-state index in [-0.39, 0.29) is 12.7 Å². The van der Waals surface area contributed by atoms with Crippen LogP contribution in [0.15, 0.2) is 36.4 Å². The van der Waals surface area contributed by atoms with Crippen molar-refractivity contribution >= 4 is 34.2 Å². The summed E-state index contributed by atoms with van der Waals surface area (Å²) < 4.78 is 11.5. The lowest BCUT2D eigenvalue weighted by Crippen LogP contribution is -2.13. The van der Waals surface area contributed by atoms with Crippen molar-refractivity contribution < 1.29 is 14.3 Å². The number of rotatable bonds is 2. The van der Waals surface area contributed by atoms with Crippen LogP contribution in [-0.2, 0) is 0 Å². The minimum absolute atomic E-state index is 0.131. The third kappa shape index (κ3) is 2.58. The first-order chi connectivity index (χ1) is 9.63. The first-order valence-corrected chi connectivity index (χ1v) is 7.18. The van der Waals surface area contributed by atoms with E-state index < -0.39 is 0 Å². The fraction of sp³-hybridized carbons (Fsp3) is 0.133. The number of benzene rings is 2. The summed E-state index contributed by atoms with van der Waals surface area (Å²) in [5.41, 5.74) is 2.48. The van der Waals surface area contributed by atoms with Crippen LogP contribution in [0.4, 0.5) is 5.69 Å². The summed E-state index contributed by atoms with van der Waals surface area (Å²) >= 11 is 2.17. The Morgan fingerprint density at radius 1 is 1.15 bits per heavy atom. The van der Waals surface area contributed by atoms with Gasteiger partial charge in [0.1, 0.15) is 0 Å². The molecule has 0 fully saturated rings. The Morgan fingerprint density at radius 2 is 1.95 bits per heavy atom. The van der Waals surface area contributed by atoms with Gasteiger partial charge in [-0.1, -0.05) is 11.6 Å². The number of fused-ring (bicyclic) bond motifs is 1. The van der Waals surface area contributed by atoms with Gasteiger partial charge in [-0.25, -0.2) is 0 Å². The quantitative estimate of drug-likeness (QED) is 0.810. The third-order valence-corrected chi connectivity index (χ3v) is 3.89. The predicted molar refractivity (Wildman–Crippen MR) is 84.4 cm³/mol. The standard InChI is InChI=1S/C15H12INO3/c1-9-2-4-11(12(16)6-9)15(18)17-10-3-5-13-14(7-10)20-8-19-13/h2-7H,8H2,1H3,(H,17,18). The highest BCUT2D eigenvalue weighted by Crippen LogP contribution is 2.34. The number of hydrogen-bond donors (Lipinski definition) is 1. The van der Waals surface area contributed by atoms with Crippen LogP contribution < -0.4 is 14.8 Å². The van der Waals surface area contributed by atoms with Crippen molar-refractivity contribution in [2.75, 3.05) is 12.1 Å². The Morgan fingerprint density at radius 3 is 2.75 bits per heavy atom. The van der Waals surface area contributed by atoms with Gasteiger partial charge in [0.05, 0.1) is 5.56 Å². The van der Waals surface area contributed by atoms with E-state index in [0.717, 1.165) is 9.13 Å². The van der Waals surface area contributed by atoms with Crippen LogP contribution in [0.25, 0.3) is 0 Å². The maximum atomic E-state index is 12.3. The molecule has 0 atom stereocenters. The summed E-state index contributed by atoms with van der Waals surface area (Å²) in [5.74, 6) is 1.22. The summed E-state index contributed by atoms with van der Waals surface area (Å²) in [7, 11) is 0. The van der Waals surface area contributed by atoms with E-state index in [1.807, 2.05) is 25.1 Å². The molecule has 0 aliphatic carbocycles. The Hall–Kier alpha value is -1.76. The molecule has 1 heterocycles. The van der Waals surface area contributed by atoms with Gasteiger partial charge < -0.3 is 14.8 Å². The molecule has 0 radical (unpaired) electrons. The number of nitrogens with one attached hydrogen (secondary N) is 1. The fourth-order valence-corrected chi connectivity index (χ4v) is 2.89. The van der Waals surface area contributed by atoms with Crippen molar-refractivity contribution in [3.8, 4) is 11.5 Å². The number of carbonyl (C=O) groups is 1. The normalized spacial score (nSPS) is 12.3. The van der Waals surface area contributed by atoms with E-state index in [1.54, 1.807) is 18.2 Å². The van der Waals surface area contributed by atoms with Crippen molar-refractivity contribution in [1.82, 2.24) is 0 Å². The average molecular weight is 381 g/mol. The molecule has 0 aromatic heterocycles. The Kier molecular flexibility index (Phi) is 3.52. The molecule has 2 aromatic rings. The molecule has 20 heavy (non-hydrogen) atoms. The summed E-state index contributed by atoms with van der Waals surface area (Å²) in [5, 5.41) is 2.87. The molecule has 1 aliphatic heterocycles. The van der Waals surface area contributed by atoms with Gasteiger partial charge in [0.2, 0.25) is 6.79 Å². The zero-order valence-corrected chi connectivity index (χ0v) is 12.9. The lowest BCUT2D eigenvalue weighted by molar-refractivity contribution is 0.102. The van der Waals surface area contributed by atoms with Gasteiger partial charge >= 0.3 is 0 Å². The monoisotopic (exact) mass is 381 g/mol. The van der Waals surface area contributed by atoms with Crippen molar-refractivity contribution in [1.29, 1.82) is 0 Å². The Bertz CT molecular complexity index is 685. The molecule has 0 bridgehead atoms. The van der Waals surface area contributed by atoms with E-state index >= 15 is 0 Å². The summed E-state index contributed by atoms with van der Waals surface area (Å²) in [6.45, 7) is 2.23. The molecule has 0 saturated heterocycles. The molecule has 1 amide bonds. The summed E-state index contributed by atoms with van der Waals surface area (Å²) in [6.07, 6.45) is 0. The average Bonchev–Trinajstić information content (AvgIpc) is 2.85. The predicted octanol–water partition coefficient (Wildman–Crippen LogP) is 3.58. The molecular weight excluding hydrogens is 369 g/mol. The first-order valence-electron chi connectivity index (χ1n) is 6.10. The highest BCUT2D eigenvalue weighted by molar-refractivity contribution is 14.1. The molecule has 0 saturated carbocycles. The zero-order valence-electron chi connectivity index (χ0n) is 10.8.